The van der Waals surface area contributed by atoms with Crippen molar-refractivity contribution >= 4 is 16.8 Å². The largest absolute Gasteiger partial charge is 0.345 e. The number of ketones is 1. The number of H-pyrrole nitrogens is 1. The van der Waals surface area contributed by atoms with Crippen LogP contribution in [0.25, 0.3) is 11.0 Å². The number of Topliss-reactive ketones (excluding diaryl/α,β-unsaturated/α-hetero) is 1. The highest BCUT2D eigenvalue weighted by Gasteiger charge is 2.27. The topological polar surface area (TPSA) is 71.8 Å². The first-order valence-electron chi connectivity index (χ1n) is 5.72. The lowest BCUT2D eigenvalue weighted by molar-refractivity contribution is 0.0829. The maximum atomic E-state index is 12.3. The predicted octanol–water partition coefficient (Wildman–Crippen LogP) is 2.12. The number of carbonyl (C=O) groups is 1. The van der Waals surface area contributed by atoms with Gasteiger partial charge < -0.3 is 10.7 Å². The Bertz CT molecular complexity index is 542. The average molecular weight is 231 g/mol. The molecule has 90 valence electrons. The summed E-state index contributed by atoms with van der Waals surface area (Å²) in [5.74, 6) is 0.124. The third-order valence-corrected chi connectivity index (χ3v) is 3.07. The monoisotopic (exact) mass is 231 g/mol. The average Bonchev–Trinajstić information content (AvgIpc) is 2.74. The Balaban J connectivity index is 2.35. The van der Waals surface area contributed by atoms with Crippen molar-refractivity contribution in [1.29, 1.82) is 0 Å². The van der Waals surface area contributed by atoms with E-state index < -0.39 is 5.41 Å². The molecule has 0 amide bonds. The Morgan fingerprint density at radius 2 is 2.24 bits per heavy atom. The number of nitrogens with one attached hydrogen (secondary N) is 1. The molecule has 2 aromatic rings. The molecule has 1 heterocycles. The van der Waals surface area contributed by atoms with Crippen LogP contribution in [0.3, 0.4) is 0 Å². The van der Waals surface area contributed by atoms with Crippen LogP contribution in [0.5, 0.6) is 0 Å². The van der Waals surface area contributed by atoms with Crippen molar-refractivity contribution in [3.63, 3.8) is 0 Å². The fourth-order valence-electron chi connectivity index (χ4n) is 1.94. The molecule has 0 fully saturated rings. The molecule has 0 bridgehead atoms. The molecule has 1 aromatic carbocycles. The van der Waals surface area contributed by atoms with Crippen molar-refractivity contribution < 1.29 is 4.79 Å². The molecule has 0 radical (unpaired) electrons. The Labute approximate surface area is 100 Å². The Morgan fingerprint density at radius 1 is 1.47 bits per heavy atom. The number of imidazole rings is 1. The van der Waals surface area contributed by atoms with Crippen molar-refractivity contribution in [3.8, 4) is 0 Å². The number of fused-ring (bicyclic) bond motifs is 1. The Morgan fingerprint density at radius 3 is 2.94 bits per heavy atom. The maximum absolute atomic E-state index is 12.3. The summed E-state index contributed by atoms with van der Waals surface area (Å²) in [6, 6.07) is 5.53. The number of aromatic amines is 1. The number of rotatable bonds is 4. The molecule has 1 aromatic heterocycles. The molecule has 0 aliphatic rings. The lowest BCUT2D eigenvalue weighted by Crippen LogP contribution is -2.27. The molecule has 4 nitrogen and oxygen atoms in total. The normalized spacial score (nSPS) is 11.9. The quantitative estimate of drug-likeness (QED) is 0.792. The number of aromatic nitrogens is 2. The molecule has 0 aliphatic carbocycles. The van der Waals surface area contributed by atoms with Gasteiger partial charge in [0.2, 0.25) is 0 Å². The lowest BCUT2D eigenvalue weighted by atomic mass is 9.81. The highest BCUT2D eigenvalue weighted by Crippen LogP contribution is 2.26. The van der Waals surface area contributed by atoms with Crippen molar-refractivity contribution in [2.24, 2.45) is 11.1 Å². The van der Waals surface area contributed by atoms with E-state index in [9.17, 15) is 4.79 Å². The first kappa shape index (κ1) is 11.8. The molecule has 0 unspecified atom stereocenters. The van der Waals surface area contributed by atoms with E-state index in [0.29, 0.717) is 18.5 Å². The summed E-state index contributed by atoms with van der Waals surface area (Å²) in [4.78, 5) is 19.5. The molecular weight excluding hydrogens is 214 g/mol. The van der Waals surface area contributed by atoms with Crippen LogP contribution in [0.15, 0.2) is 24.5 Å². The Hall–Kier alpha value is -1.68. The van der Waals surface area contributed by atoms with Crippen LogP contribution in [0.2, 0.25) is 0 Å². The number of nitrogens with zero attached hydrogens (tertiary/aromatic N) is 1. The van der Waals surface area contributed by atoms with Crippen LogP contribution < -0.4 is 5.73 Å². The second-order valence-electron chi connectivity index (χ2n) is 4.89. The van der Waals surface area contributed by atoms with Gasteiger partial charge in [-0.3, -0.25) is 4.79 Å². The molecule has 0 saturated heterocycles. The zero-order chi connectivity index (χ0) is 12.5. The minimum Gasteiger partial charge on any atom is -0.345 e. The van der Waals surface area contributed by atoms with Gasteiger partial charge in [0.15, 0.2) is 5.78 Å². The number of benzene rings is 1. The van der Waals surface area contributed by atoms with Gasteiger partial charge >= 0.3 is 0 Å². The Kier molecular flexibility index (Phi) is 2.98. The molecule has 0 atom stereocenters. The van der Waals surface area contributed by atoms with Crippen molar-refractivity contribution in [2.45, 2.75) is 20.3 Å². The first-order valence-corrected chi connectivity index (χ1v) is 5.72. The fourth-order valence-corrected chi connectivity index (χ4v) is 1.94. The summed E-state index contributed by atoms with van der Waals surface area (Å²) in [5, 5.41) is 0. The SMILES string of the molecule is CC(C)(CCN)C(=O)c1ccc2nc[nH]c2c1. The number of nitrogens with two attached hydrogens (primary N) is 1. The van der Waals surface area contributed by atoms with Gasteiger partial charge in [-0.05, 0) is 31.2 Å². The minimum atomic E-state index is -0.414. The summed E-state index contributed by atoms with van der Waals surface area (Å²) in [7, 11) is 0. The summed E-state index contributed by atoms with van der Waals surface area (Å²) in [6.45, 7) is 4.38. The van der Waals surface area contributed by atoms with Gasteiger partial charge in [0.25, 0.3) is 0 Å². The maximum Gasteiger partial charge on any atom is 0.168 e. The van der Waals surface area contributed by atoms with Crippen molar-refractivity contribution in [1.82, 2.24) is 9.97 Å². The van der Waals surface area contributed by atoms with Crippen LogP contribution in [0.1, 0.15) is 30.6 Å². The third kappa shape index (κ3) is 2.22. The van der Waals surface area contributed by atoms with Gasteiger partial charge in [0.05, 0.1) is 17.4 Å². The van der Waals surface area contributed by atoms with E-state index in [4.69, 9.17) is 5.73 Å². The van der Waals surface area contributed by atoms with Gasteiger partial charge in [-0.1, -0.05) is 13.8 Å². The van der Waals surface area contributed by atoms with Gasteiger partial charge in [0.1, 0.15) is 0 Å². The van der Waals surface area contributed by atoms with E-state index in [0.717, 1.165) is 11.0 Å². The third-order valence-electron chi connectivity index (χ3n) is 3.07. The predicted molar refractivity (Wildman–Crippen MR) is 67.9 cm³/mol. The van der Waals surface area contributed by atoms with E-state index in [-0.39, 0.29) is 5.78 Å². The van der Waals surface area contributed by atoms with Gasteiger partial charge in [-0.15, -0.1) is 0 Å². The molecule has 0 aliphatic heterocycles. The van der Waals surface area contributed by atoms with Crippen LogP contribution in [0.4, 0.5) is 0 Å². The number of carbonyl (C=O) groups excluding carboxylic acids is 1. The zero-order valence-electron chi connectivity index (χ0n) is 10.2. The van der Waals surface area contributed by atoms with E-state index >= 15 is 0 Å². The second kappa shape index (κ2) is 4.30. The van der Waals surface area contributed by atoms with Gasteiger partial charge in [-0.25, -0.2) is 4.98 Å². The number of hydrogen-bond acceptors (Lipinski definition) is 3. The van der Waals surface area contributed by atoms with E-state index in [1.165, 1.54) is 0 Å². The fraction of sp³-hybridized carbons (Fsp3) is 0.385. The molecule has 2 rings (SSSR count). The van der Waals surface area contributed by atoms with Crippen LogP contribution in [-0.4, -0.2) is 22.3 Å². The molecule has 0 saturated carbocycles. The second-order valence-corrected chi connectivity index (χ2v) is 4.89. The summed E-state index contributed by atoms with van der Waals surface area (Å²) >= 11 is 0. The highest BCUT2D eigenvalue weighted by atomic mass is 16.1. The lowest BCUT2D eigenvalue weighted by Gasteiger charge is -2.22. The summed E-state index contributed by atoms with van der Waals surface area (Å²) < 4.78 is 0. The van der Waals surface area contributed by atoms with Crippen LogP contribution >= 0.6 is 0 Å². The standard InChI is InChI=1S/C13H17N3O/c1-13(2,5-6-14)12(17)9-3-4-10-11(7-9)16-8-15-10/h3-4,7-8H,5-6,14H2,1-2H3,(H,15,16). The van der Waals surface area contributed by atoms with Crippen LogP contribution in [0, 0.1) is 5.41 Å². The van der Waals surface area contributed by atoms with Crippen molar-refractivity contribution in [3.05, 3.63) is 30.1 Å². The zero-order valence-corrected chi connectivity index (χ0v) is 10.2. The molecule has 3 N–H and O–H groups in total. The van der Waals surface area contributed by atoms with Crippen LogP contribution in [-0.2, 0) is 0 Å². The van der Waals surface area contributed by atoms with E-state index in [1.54, 1.807) is 6.33 Å². The molecule has 0 spiro atoms. The summed E-state index contributed by atoms with van der Waals surface area (Å²) in [5.41, 5.74) is 7.59. The van der Waals surface area contributed by atoms with E-state index in [1.807, 2.05) is 32.0 Å². The van der Waals surface area contributed by atoms with Gasteiger partial charge in [0, 0.05) is 11.0 Å². The summed E-state index contributed by atoms with van der Waals surface area (Å²) in [6.07, 6.45) is 2.32. The molecular formula is C13H17N3O. The number of hydrogen-bond donors (Lipinski definition) is 2. The first-order chi connectivity index (χ1) is 8.04. The van der Waals surface area contributed by atoms with E-state index in [2.05, 4.69) is 9.97 Å². The smallest absolute Gasteiger partial charge is 0.168 e. The molecule has 17 heavy (non-hydrogen) atoms. The highest BCUT2D eigenvalue weighted by molar-refractivity contribution is 6.02. The van der Waals surface area contributed by atoms with Gasteiger partial charge in [-0.2, -0.15) is 0 Å². The van der Waals surface area contributed by atoms with Crippen molar-refractivity contribution in [2.75, 3.05) is 6.54 Å². The minimum absolute atomic E-state index is 0.124. The molecule has 4 heteroatoms.